The molecule has 0 saturated carbocycles. The van der Waals surface area contributed by atoms with Gasteiger partial charge in [-0.2, -0.15) is 0 Å². The lowest BCUT2D eigenvalue weighted by atomic mass is 10.1. The van der Waals surface area contributed by atoms with Crippen LogP contribution in [-0.2, 0) is 6.42 Å². The highest BCUT2D eigenvalue weighted by atomic mass is 16.2. The van der Waals surface area contributed by atoms with Gasteiger partial charge in [0.15, 0.2) is 0 Å². The lowest BCUT2D eigenvalue weighted by Crippen LogP contribution is -1.93. The number of aliphatic hydroxyl groups is 1. The molecule has 1 N–H and O–H groups in total. The van der Waals surface area contributed by atoms with Crippen LogP contribution in [0, 0.1) is 0 Å². The fraction of sp³-hybridized carbons (Fsp3) is 0.143. The van der Waals surface area contributed by atoms with Crippen molar-refractivity contribution in [1.82, 2.24) is 9.97 Å². The van der Waals surface area contributed by atoms with Crippen LogP contribution in [-0.4, -0.2) is 21.7 Å². The highest BCUT2D eigenvalue weighted by Crippen LogP contribution is 2.22. The van der Waals surface area contributed by atoms with Crippen molar-refractivity contribution in [3.05, 3.63) is 48.3 Å². The van der Waals surface area contributed by atoms with Crippen LogP contribution in [0.5, 0.6) is 0 Å². The van der Waals surface area contributed by atoms with Crippen LogP contribution in [0.15, 0.2) is 42.7 Å². The number of rotatable bonds is 2. The van der Waals surface area contributed by atoms with E-state index in [0.717, 1.165) is 27.4 Å². The van der Waals surface area contributed by atoms with Gasteiger partial charge in [-0.1, -0.05) is 18.2 Å². The van der Waals surface area contributed by atoms with Crippen molar-refractivity contribution in [2.24, 2.45) is 0 Å². The average Bonchev–Trinajstić information content (AvgIpc) is 2.39. The number of hydrogen-bond acceptors (Lipinski definition) is 3. The quantitative estimate of drug-likeness (QED) is 0.679. The summed E-state index contributed by atoms with van der Waals surface area (Å²) in [7, 11) is 0. The van der Waals surface area contributed by atoms with Gasteiger partial charge in [0.25, 0.3) is 0 Å². The van der Waals surface area contributed by atoms with E-state index in [1.807, 2.05) is 24.4 Å². The molecule has 0 aliphatic heterocycles. The maximum absolute atomic E-state index is 8.92. The Morgan fingerprint density at radius 3 is 2.71 bits per heavy atom. The smallest absolute Gasteiger partial charge is 0.0964 e. The Morgan fingerprint density at radius 2 is 1.82 bits per heavy atom. The summed E-state index contributed by atoms with van der Waals surface area (Å²) in [5.74, 6) is 0. The number of benzene rings is 1. The molecule has 2 heterocycles. The van der Waals surface area contributed by atoms with E-state index in [2.05, 4.69) is 22.1 Å². The summed E-state index contributed by atoms with van der Waals surface area (Å²) in [5, 5.41) is 11.1. The van der Waals surface area contributed by atoms with E-state index < -0.39 is 0 Å². The molecule has 3 nitrogen and oxygen atoms in total. The third kappa shape index (κ3) is 1.74. The van der Waals surface area contributed by atoms with Gasteiger partial charge in [0, 0.05) is 29.8 Å². The monoisotopic (exact) mass is 224 g/mol. The summed E-state index contributed by atoms with van der Waals surface area (Å²) < 4.78 is 0. The van der Waals surface area contributed by atoms with Gasteiger partial charge in [-0.3, -0.25) is 9.97 Å². The van der Waals surface area contributed by atoms with Crippen LogP contribution in [0.25, 0.3) is 21.8 Å². The molecule has 0 fully saturated rings. The first-order chi connectivity index (χ1) is 8.38. The lowest BCUT2D eigenvalue weighted by molar-refractivity contribution is 0.299. The minimum absolute atomic E-state index is 0.152. The highest BCUT2D eigenvalue weighted by Gasteiger charge is 2.03. The number of aromatic nitrogens is 2. The standard InChI is InChI=1S/C14H12N2O/c17-7-5-10-8-12-4-3-11-2-1-6-15-13(11)14(12)16-9-10/h1-4,6,8-9,17H,5,7H2. The molecule has 0 aliphatic carbocycles. The fourth-order valence-corrected chi connectivity index (χ4v) is 2.05. The van der Waals surface area contributed by atoms with Crippen molar-refractivity contribution >= 4 is 21.8 Å². The van der Waals surface area contributed by atoms with Crippen LogP contribution >= 0.6 is 0 Å². The van der Waals surface area contributed by atoms with Gasteiger partial charge in [0.05, 0.1) is 11.0 Å². The first-order valence-corrected chi connectivity index (χ1v) is 5.62. The van der Waals surface area contributed by atoms with Crippen molar-refractivity contribution in [3.63, 3.8) is 0 Å². The van der Waals surface area contributed by atoms with E-state index in [4.69, 9.17) is 5.11 Å². The Balaban J connectivity index is 2.29. The highest BCUT2D eigenvalue weighted by molar-refractivity contribution is 6.02. The van der Waals surface area contributed by atoms with Gasteiger partial charge < -0.3 is 5.11 Å². The molecule has 0 bridgehead atoms. The minimum Gasteiger partial charge on any atom is -0.396 e. The Kier molecular flexibility index (Phi) is 2.46. The van der Waals surface area contributed by atoms with Crippen LogP contribution in [0.2, 0.25) is 0 Å². The zero-order chi connectivity index (χ0) is 11.7. The molecular weight excluding hydrogens is 212 g/mol. The van der Waals surface area contributed by atoms with Gasteiger partial charge in [-0.05, 0) is 24.1 Å². The molecule has 0 amide bonds. The summed E-state index contributed by atoms with van der Waals surface area (Å²) in [6.07, 6.45) is 4.24. The van der Waals surface area contributed by atoms with E-state index >= 15 is 0 Å². The zero-order valence-corrected chi connectivity index (χ0v) is 9.30. The third-order valence-electron chi connectivity index (χ3n) is 2.88. The van der Waals surface area contributed by atoms with Crippen LogP contribution < -0.4 is 0 Å². The number of fused-ring (bicyclic) bond motifs is 3. The summed E-state index contributed by atoms with van der Waals surface area (Å²) in [5.41, 5.74) is 2.90. The maximum atomic E-state index is 8.92. The normalized spacial score (nSPS) is 11.1. The van der Waals surface area contributed by atoms with Crippen molar-refractivity contribution < 1.29 is 5.11 Å². The van der Waals surface area contributed by atoms with Crippen LogP contribution in [0.3, 0.4) is 0 Å². The summed E-state index contributed by atoms with van der Waals surface area (Å²) in [6, 6.07) is 10.1. The number of aliphatic hydroxyl groups excluding tert-OH is 1. The SMILES string of the molecule is OCCc1cnc2c(ccc3cccnc32)c1. The molecule has 84 valence electrons. The zero-order valence-electron chi connectivity index (χ0n) is 9.30. The largest absolute Gasteiger partial charge is 0.396 e. The van der Waals surface area contributed by atoms with E-state index in [9.17, 15) is 0 Å². The molecule has 17 heavy (non-hydrogen) atoms. The average molecular weight is 224 g/mol. The molecule has 3 rings (SSSR count). The molecule has 0 spiro atoms. The maximum Gasteiger partial charge on any atom is 0.0964 e. The second-order valence-electron chi connectivity index (χ2n) is 4.03. The van der Waals surface area contributed by atoms with Gasteiger partial charge in [-0.15, -0.1) is 0 Å². The lowest BCUT2D eigenvalue weighted by Gasteiger charge is -2.04. The molecule has 2 aromatic heterocycles. The second kappa shape index (κ2) is 4.11. The first kappa shape index (κ1) is 10.2. The van der Waals surface area contributed by atoms with Crippen molar-refractivity contribution in [2.45, 2.75) is 6.42 Å². The Bertz CT molecular complexity index is 679. The predicted molar refractivity (Wildman–Crippen MR) is 67.8 cm³/mol. The van der Waals surface area contributed by atoms with Crippen molar-refractivity contribution in [2.75, 3.05) is 6.61 Å². The topological polar surface area (TPSA) is 46.0 Å². The molecule has 1 aromatic carbocycles. The Hall–Kier alpha value is -2.00. The fourth-order valence-electron chi connectivity index (χ4n) is 2.05. The number of nitrogens with zero attached hydrogens (tertiary/aromatic N) is 2. The third-order valence-corrected chi connectivity index (χ3v) is 2.88. The minimum atomic E-state index is 0.152. The summed E-state index contributed by atoms with van der Waals surface area (Å²) >= 11 is 0. The molecule has 0 aliphatic rings. The Morgan fingerprint density at radius 1 is 1.00 bits per heavy atom. The van der Waals surface area contributed by atoms with Gasteiger partial charge in [0.2, 0.25) is 0 Å². The predicted octanol–water partition coefficient (Wildman–Crippen LogP) is 2.32. The molecule has 0 atom stereocenters. The molecule has 0 radical (unpaired) electrons. The van der Waals surface area contributed by atoms with E-state index in [1.54, 1.807) is 6.20 Å². The van der Waals surface area contributed by atoms with E-state index in [0.29, 0.717) is 6.42 Å². The van der Waals surface area contributed by atoms with E-state index in [1.165, 1.54) is 0 Å². The number of pyridine rings is 2. The summed E-state index contributed by atoms with van der Waals surface area (Å²) in [4.78, 5) is 8.83. The molecule has 3 heteroatoms. The van der Waals surface area contributed by atoms with Gasteiger partial charge in [-0.25, -0.2) is 0 Å². The number of hydrogen-bond donors (Lipinski definition) is 1. The van der Waals surface area contributed by atoms with Gasteiger partial charge >= 0.3 is 0 Å². The van der Waals surface area contributed by atoms with E-state index in [-0.39, 0.29) is 6.61 Å². The molecule has 0 unspecified atom stereocenters. The van der Waals surface area contributed by atoms with Crippen LogP contribution in [0.4, 0.5) is 0 Å². The molecular formula is C14H12N2O. The Labute approximate surface area is 98.8 Å². The molecule has 3 aromatic rings. The van der Waals surface area contributed by atoms with Crippen molar-refractivity contribution in [1.29, 1.82) is 0 Å². The van der Waals surface area contributed by atoms with Crippen LogP contribution in [0.1, 0.15) is 5.56 Å². The van der Waals surface area contributed by atoms with Crippen molar-refractivity contribution in [3.8, 4) is 0 Å². The first-order valence-electron chi connectivity index (χ1n) is 5.62. The summed E-state index contributed by atoms with van der Waals surface area (Å²) in [6.45, 7) is 0.152. The molecule has 0 saturated heterocycles. The van der Waals surface area contributed by atoms with Gasteiger partial charge in [0.1, 0.15) is 0 Å². The second-order valence-corrected chi connectivity index (χ2v) is 4.03.